The van der Waals surface area contributed by atoms with Gasteiger partial charge in [0, 0.05) is 27.1 Å². The number of ether oxygens (including phenoxy) is 1. The van der Waals surface area contributed by atoms with Crippen molar-refractivity contribution in [3.05, 3.63) is 10.6 Å². The maximum absolute atomic E-state index is 12.5. The molecule has 0 saturated carbocycles. The van der Waals surface area contributed by atoms with Crippen LogP contribution in [0.4, 0.5) is 9.93 Å². The lowest BCUT2D eigenvalue weighted by Crippen LogP contribution is -2.57. The molecule has 2 amide bonds. The molecule has 0 aromatic carbocycles. The molecule has 132 valence electrons. The number of carbonyl (C=O) groups excluding carboxylic acids is 2. The first kappa shape index (κ1) is 17.3. The molecule has 2 aliphatic rings. The lowest BCUT2D eigenvalue weighted by molar-refractivity contribution is 0.0916. The fraction of sp³-hybridized carbons (Fsp3) is 0.688. The van der Waals surface area contributed by atoms with Crippen LogP contribution in [0.15, 0.2) is 0 Å². The van der Waals surface area contributed by atoms with Crippen molar-refractivity contribution in [2.24, 2.45) is 5.41 Å². The third-order valence-corrected chi connectivity index (χ3v) is 5.54. The van der Waals surface area contributed by atoms with Crippen LogP contribution >= 0.6 is 11.3 Å². The van der Waals surface area contributed by atoms with Crippen LogP contribution in [0.25, 0.3) is 0 Å². The number of fused-ring (bicyclic) bond motifs is 1. The Balaban J connectivity index is 1.85. The van der Waals surface area contributed by atoms with Crippen molar-refractivity contribution in [1.82, 2.24) is 14.8 Å². The Labute approximate surface area is 146 Å². The molecule has 1 aromatic rings. The summed E-state index contributed by atoms with van der Waals surface area (Å²) in [4.78, 5) is 35.7. The van der Waals surface area contributed by atoms with Gasteiger partial charge in [-0.15, -0.1) is 0 Å². The number of nitrogens with zero attached hydrogens (tertiary/aromatic N) is 4. The van der Waals surface area contributed by atoms with E-state index < -0.39 is 0 Å². The van der Waals surface area contributed by atoms with Gasteiger partial charge in [0.05, 0.1) is 30.5 Å². The molecule has 7 nitrogen and oxygen atoms in total. The van der Waals surface area contributed by atoms with Crippen LogP contribution in [0.1, 0.15) is 35.6 Å². The summed E-state index contributed by atoms with van der Waals surface area (Å²) in [6.07, 6.45) is 1.31. The first-order chi connectivity index (χ1) is 11.3. The van der Waals surface area contributed by atoms with Crippen LogP contribution in [-0.4, -0.2) is 67.2 Å². The first-order valence-electron chi connectivity index (χ1n) is 8.07. The van der Waals surface area contributed by atoms with Crippen molar-refractivity contribution in [1.29, 1.82) is 0 Å². The Hall–Kier alpha value is -1.51. The number of carbonyl (C=O) groups is 2. The monoisotopic (exact) mass is 352 g/mol. The summed E-state index contributed by atoms with van der Waals surface area (Å²) < 4.78 is 5.13. The number of amides is 2. The summed E-state index contributed by atoms with van der Waals surface area (Å²) in [6.45, 7) is 6.54. The minimum Gasteiger partial charge on any atom is -0.383 e. The van der Waals surface area contributed by atoms with Gasteiger partial charge in [0.1, 0.15) is 0 Å². The second kappa shape index (κ2) is 6.42. The molecule has 0 radical (unpaired) electrons. The zero-order chi connectivity index (χ0) is 17.5. The van der Waals surface area contributed by atoms with Crippen LogP contribution < -0.4 is 4.90 Å². The predicted octanol–water partition coefficient (Wildman–Crippen LogP) is 2.03. The summed E-state index contributed by atoms with van der Waals surface area (Å²) in [7, 11) is 3.44. The molecule has 2 heterocycles. The summed E-state index contributed by atoms with van der Waals surface area (Å²) in [5.41, 5.74) is 0.767. The Morgan fingerprint density at radius 1 is 1.25 bits per heavy atom. The van der Waals surface area contributed by atoms with E-state index in [4.69, 9.17) is 4.74 Å². The second-order valence-electron chi connectivity index (χ2n) is 7.29. The van der Waals surface area contributed by atoms with E-state index in [0.717, 1.165) is 18.7 Å². The van der Waals surface area contributed by atoms with Crippen LogP contribution in [0, 0.1) is 5.41 Å². The molecule has 0 unspecified atom stereocenters. The van der Waals surface area contributed by atoms with E-state index >= 15 is 0 Å². The van der Waals surface area contributed by atoms with Crippen molar-refractivity contribution in [2.45, 2.75) is 26.7 Å². The maximum atomic E-state index is 12.5. The molecule has 1 aliphatic carbocycles. The number of methoxy groups -OCH3 is 1. The number of ketones is 1. The van der Waals surface area contributed by atoms with E-state index in [0.29, 0.717) is 36.4 Å². The van der Waals surface area contributed by atoms with Gasteiger partial charge in [-0.1, -0.05) is 25.2 Å². The Morgan fingerprint density at radius 2 is 2.00 bits per heavy atom. The van der Waals surface area contributed by atoms with Gasteiger partial charge in [0.2, 0.25) is 0 Å². The standard InChI is InChI=1S/C16H24N4O3S/c1-16(2)7-11-13(12(21)8-16)24-14(17-11)20-10-19(5-6-23-4)9-18(3)15(20)22/h5-10H2,1-4H3. The summed E-state index contributed by atoms with van der Waals surface area (Å²) in [5.74, 6) is 0.138. The van der Waals surface area contributed by atoms with Gasteiger partial charge in [0.15, 0.2) is 10.9 Å². The predicted molar refractivity (Wildman–Crippen MR) is 92.5 cm³/mol. The van der Waals surface area contributed by atoms with Crippen molar-refractivity contribution < 1.29 is 14.3 Å². The molecule has 0 N–H and O–H groups in total. The smallest absolute Gasteiger partial charge is 0.328 e. The van der Waals surface area contributed by atoms with Crippen LogP contribution in [0.3, 0.4) is 0 Å². The van der Waals surface area contributed by atoms with Gasteiger partial charge in [-0.3, -0.25) is 14.6 Å². The Morgan fingerprint density at radius 3 is 2.71 bits per heavy atom. The summed E-state index contributed by atoms with van der Waals surface area (Å²) in [6, 6.07) is -0.0820. The van der Waals surface area contributed by atoms with Crippen LogP contribution in [0.5, 0.6) is 0 Å². The minimum atomic E-state index is -0.0820. The molecule has 1 aliphatic heterocycles. The number of urea groups is 1. The van der Waals surface area contributed by atoms with Crippen molar-refractivity contribution in [3.8, 4) is 0 Å². The van der Waals surface area contributed by atoms with Crippen molar-refractivity contribution in [2.75, 3.05) is 45.5 Å². The van der Waals surface area contributed by atoms with Gasteiger partial charge in [-0.2, -0.15) is 0 Å². The zero-order valence-corrected chi connectivity index (χ0v) is 15.5. The molecule has 1 saturated heterocycles. The highest BCUT2D eigenvalue weighted by Crippen LogP contribution is 2.39. The first-order valence-corrected chi connectivity index (χ1v) is 8.89. The van der Waals surface area contributed by atoms with E-state index in [-0.39, 0.29) is 17.2 Å². The Bertz CT molecular complexity index is 658. The van der Waals surface area contributed by atoms with E-state index in [1.54, 1.807) is 24.0 Å². The number of rotatable bonds is 4. The van der Waals surface area contributed by atoms with E-state index in [1.165, 1.54) is 11.3 Å². The fourth-order valence-corrected chi connectivity index (χ4v) is 4.21. The molecule has 0 atom stereocenters. The highest BCUT2D eigenvalue weighted by molar-refractivity contribution is 7.17. The molecule has 0 spiro atoms. The highest BCUT2D eigenvalue weighted by Gasteiger charge is 2.37. The number of aromatic nitrogens is 1. The summed E-state index contributed by atoms with van der Waals surface area (Å²) in [5, 5.41) is 0.616. The SMILES string of the molecule is COCCN1CN(C)C(=O)N(c2nc3c(s2)C(=O)CC(C)(C)C3)C1. The third kappa shape index (κ3) is 3.31. The molecule has 1 fully saturated rings. The van der Waals surface area contributed by atoms with Gasteiger partial charge < -0.3 is 9.64 Å². The normalized spacial score (nSPS) is 21.3. The van der Waals surface area contributed by atoms with E-state index in [1.807, 2.05) is 0 Å². The number of thiazole rings is 1. The molecular weight excluding hydrogens is 328 g/mol. The molecule has 8 heteroatoms. The number of hydrogen-bond acceptors (Lipinski definition) is 6. The van der Waals surface area contributed by atoms with E-state index in [9.17, 15) is 9.59 Å². The molecule has 3 rings (SSSR count). The quantitative estimate of drug-likeness (QED) is 0.829. The van der Waals surface area contributed by atoms with Crippen LogP contribution in [0.2, 0.25) is 0 Å². The average Bonchev–Trinajstić information content (AvgIpc) is 2.90. The number of anilines is 1. The number of Topliss-reactive ketones (excluding diaryl/α,β-unsaturated/α-hetero) is 1. The lowest BCUT2D eigenvalue weighted by atomic mass is 9.78. The third-order valence-electron chi connectivity index (χ3n) is 4.38. The highest BCUT2D eigenvalue weighted by atomic mass is 32.1. The van der Waals surface area contributed by atoms with Gasteiger partial charge >= 0.3 is 6.03 Å². The van der Waals surface area contributed by atoms with Crippen molar-refractivity contribution in [3.63, 3.8) is 0 Å². The largest absolute Gasteiger partial charge is 0.383 e. The Kier molecular flexibility index (Phi) is 4.63. The van der Waals surface area contributed by atoms with Gasteiger partial charge in [-0.05, 0) is 11.8 Å². The minimum absolute atomic E-state index is 0.0668. The molecule has 1 aromatic heterocycles. The second-order valence-corrected chi connectivity index (χ2v) is 8.27. The van der Waals surface area contributed by atoms with Gasteiger partial charge in [-0.25, -0.2) is 9.78 Å². The zero-order valence-electron chi connectivity index (χ0n) is 14.7. The molecule has 0 bridgehead atoms. The molecular formula is C16H24N4O3S. The molecule has 24 heavy (non-hydrogen) atoms. The average molecular weight is 352 g/mol. The maximum Gasteiger partial charge on any atom is 0.328 e. The van der Waals surface area contributed by atoms with E-state index in [2.05, 4.69) is 23.7 Å². The van der Waals surface area contributed by atoms with Crippen molar-refractivity contribution >= 4 is 28.3 Å². The van der Waals surface area contributed by atoms with Gasteiger partial charge in [0.25, 0.3) is 0 Å². The van der Waals surface area contributed by atoms with Crippen LogP contribution in [-0.2, 0) is 11.2 Å². The number of hydrogen-bond donors (Lipinski definition) is 0. The fourth-order valence-electron chi connectivity index (χ4n) is 3.20. The summed E-state index contributed by atoms with van der Waals surface area (Å²) >= 11 is 1.34. The lowest BCUT2D eigenvalue weighted by Gasteiger charge is -2.39. The topological polar surface area (TPSA) is 66.0 Å².